The lowest BCUT2D eigenvalue weighted by Crippen LogP contribution is -2.47. The van der Waals surface area contributed by atoms with Gasteiger partial charge in [-0.1, -0.05) is 65.7 Å². The number of benzene rings is 3. The number of carbonyl (C=O) groups excluding carboxylic acids is 2. The Morgan fingerprint density at radius 1 is 0.909 bits per heavy atom. The first-order valence-corrected chi connectivity index (χ1v) is 11.2. The van der Waals surface area contributed by atoms with Crippen LogP contribution in [0.15, 0.2) is 72.8 Å². The second-order valence-electron chi connectivity index (χ2n) is 8.05. The fraction of sp³-hybridized carbons (Fsp3) is 0.259. The van der Waals surface area contributed by atoms with Gasteiger partial charge in [-0.05, 0) is 54.8 Å². The van der Waals surface area contributed by atoms with Crippen LogP contribution in [0.4, 0.5) is 0 Å². The van der Waals surface area contributed by atoms with Gasteiger partial charge in [0.05, 0.1) is 13.5 Å². The molecule has 3 aromatic rings. The molecule has 1 N–H and O–H groups in total. The summed E-state index contributed by atoms with van der Waals surface area (Å²) in [6.45, 7) is 4.50. The Labute approximate surface area is 200 Å². The van der Waals surface area contributed by atoms with Crippen molar-refractivity contribution in [3.8, 4) is 5.75 Å². The normalized spacial score (nSPS) is 11.5. The van der Waals surface area contributed by atoms with Crippen molar-refractivity contribution in [3.63, 3.8) is 0 Å². The molecule has 1 unspecified atom stereocenters. The second-order valence-corrected chi connectivity index (χ2v) is 8.49. The number of nitrogens with one attached hydrogen (secondary N) is 1. The van der Waals surface area contributed by atoms with E-state index in [-0.39, 0.29) is 18.2 Å². The van der Waals surface area contributed by atoms with Gasteiger partial charge in [-0.3, -0.25) is 9.59 Å². The van der Waals surface area contributed by atoms with Crippen molar-refractivity contribution in [3.05, 3.63) is 100 Å². The maximum atomic E-state index is 13.3. The summed E-state index contributed by atoms with van der Waals surface area (Å²) < 4.78 is 5.22. The molecule has 0 aromatic heterocycles. The molecule has 2 amide bonds. The minimum absolute atomic E-state index is 0.133. The third kappa shape index (κ3) is 7.09. The Morgan fingerprint density at radius 3 is 2.09 bits per heavy atom. The zero-order valence-electron chi connectivity index (χ0n) is 19.2. The van der Waals surface area contributed by atoms with Gasteiger partial charge in [-0.2, -0.15) is 0 Å². The third-order valence-electron chi connectivity index (χ3n) is 5.54. The fourth-order valence-electron chi connectivity index (χ4n) is 3.43. The maximum absolute atomic E-state index is 13.3. The molecule has 172 valence electrons. The minimum atomic E-state index is -0.641. The molecule has 0 saturated heterocycles. The molecule has 0 aliphatic carbocycles. The number of methoxy groups -OCH3 is 1. The third-order valence-corrected chi connectivity index (χ3v) is 5.79. The largest absolute Gasteiger partial charge is 0.497 e. The maximum Gasteiger partial charge on any atom is 0.242 e. The van der Waals surface area contributed by atoms with Crippen LogP contribution >= 0.6 is 11.6 Å². The fourth-order valence-corrected chi connectivity index (χ4v) is 3.56. The Balaban J connectivity index is 1.74. The van der Waals surface area contributed by atoms with E-state index in [1.54, 1.807) is 31.1 Å². The zero-order chi connectivity index (χ0) is 23.8. The summed E-state index contributed by atoms with van der Waals surface area (Å²) in [5, 5.41) is 3.57. The molecular formula is C27H29ClN2O3. The van der Waals surface area contributed by atoms with Crippen molar-refractivity contribution in [2.24, 2.45) is 0 Å². The minimum Gasteiger partial charge on any atom is -0.497 e. The molecule has 0 spiro atoms. The van der Waals surface area contributed by atoms with Gasteiger partial charge in [0.15, 0.2) is 0 Å². The van der Waals surface area contributed by atoms with Crippen LogP contribution in [0.2, 0.25) is 5.02 Å². The highest BCUT2D eigenvalue weighted by Crippen LogP contribution is 2.17. The Bertz CT molecular complexity index is 1060. The highest BCUT2D eigenvalue weighted by Gasteiger charge is 2.26. The van der Waals surface area contributed by atoms with E-state index >= 15 is 0 Å². The smallest absolute Gasteiger partial charge is 0.242 e. The first kappa shape index (κ1) is 24.3. The molecule has 6 heteroatoms. The SMILES string of the molecule is COc1ccc(CN(C(=O)Cc2ccc(Cl)cc2)C(C)C(=O)NCc2ccc(C)cc2)cc1. The number of carbonyl (C=O) groups is 2. The summed E-state index contributed by atoms with van der Waals surface area (Å²) in [5.74, 6) is 0.404. The quantitative estimate of drug-likeness (QED) is 0.488. The van der Waals surface area contributed by atoms with Gasteiger partial charge in [-0.25, -0.2) is 0 Å². The van der Waals surface area contributed by atoms with E-state index in [2.05, 4.69) is 5.32 Å². The molecule has 0 fully saturated rings. The standard InChI is InChI=1S/C27H29ClN2O3/c1-19-4-6-22(7-5-19)17-29-27(32)20(2)30(18-23-10-14-25(33-3)15-11-23)26(31)16-21-8-12-24(28)13-9-21/h4-15,20H,16-18H2,1-3H3,(H,29,32). The van der Waals surface area contributed by atoms with Crippen molar-refractivity contribution in [1.82, 2.24) is 10.2 Å². The molecule has 3 rings (SSSR count). The molecule has 5 nitrogen and oxygen atoms in total. The van der Waals surface area contributed by atoms with E-state index < -0.39 is 6.04 Å². The molecule has 3 aromatic carbocycles. The molecule has 0 bridgehead atoms. The van der Waals surface area contributed by atoms with Crippen LogP contribution in [-0.4, -0.2) is 29.9 Å². The van der Waals surface area contributed by atoms with Crippen LogP contribution < -0.4 is 10.1 Å². The molecule has 33 heavy (non-hydrogen) atoms. The van der Waals surface area contributed by atoms with Crippen LogP contribution in [0.1, 0.15) is 29.2 Å². The molecule has 0 saturated carbocycles. The van der Waals surface area contributed by atoms with Gasteiger partial charge in [0.25, 0.3) is 0 Å². The molecule has 0 aliphatic heterocycles. The first-order valence-electron chi connectivity index (χ1n) is 10.9. The van der Waals surface area contributed by atoms with Crippen molar-refractivity contribution in [2.45, 2.75) is 39.4 Å². The Hall–Kier alpha value is -3.31. The van der Waals surface area contributed by atoms with E-state index in [0.29, 0.717) is 18.1 Å². The summed E-state index contributed by atoms with van der Waals surface area (Å²) >= 11 is 5.97. The number of halogens is 1. The highest BCUT2D eigenvalue weighted by molar-refractivity contribution is 6.30. The lowest BCUT2D eigenvalue weighted by molar-refractivity contribution is -0.140. The van der Waals surface area contributed by atoms with Gasteiger partial charge < -0.3 is 15.0 Å². The van der Waals surface area contributed by atoms with E-state index in [9.17, 15) is 9.59 Å². The zero-order valence-corrected chi connectivity index (χ0v) is 19.9. The highest BCUT2D eigenvalue weighted by atomic mass is 35.5. The van der Waals surface area contributed by atoms with Gasteiger partial charge >= 0.3 is 0 Å². The van der Waals surface area contributed by atoms with Gasteiger partial charge in [0, 0.05) is 18.1 Å². The number of amides is 2. The van der Waals surface area contributed by atoms with Crippen LogP contribution in [0.25, 0.3) is 0 Å². The van der Waals surface area contributed by atoms with Gasteiger partial charge in [0.1, 0.15) is 11.8 Å². The van der Waals surface area contributed by atoms with Crippen LogP contribution in [0.3, 0.4) is 0 Å². The molecule has 1 atom stereocenters. The lowest BCUT2D eigenvalue weighted by atomic mass is 10.1. The number of ether oxygens (including phenoxy) is 1. The van der Waals surface area contributed by atoms with Crippen LogP contribution in [-0.2, 0) is 29.1 Å². The van der Waals surface area contributed by atoms with Crippen molar-refractivity contribution >= 4 is 23.4 Å². The number of nitrogens with zero attached hydrogens (tertiary/aromatic N) is 1. The average Bonchev–Trinajstić information content (AvgIpc) is 2.83. The first-order chi connectivity index (χ1) is 15.9. The number of rotatable bonds is 9. The molecular weight excluding hydrogens is 436 g/mol. The Kier molecular flexibility index (Phi) is 8.50. The van der Waals surface area contributed by atoms with Crippen molar-refractivity contribution < 1.29 is 14.3 Å². The van der Waals surface area contributed by atoms with E-state index in [4.69, 9.17) is 16.3 Å². The summed E-state index contributed by atoms with van der Waals surface area (Å²) in [7, 11) is 1.61. The summed E-state index contributed by atoms with van der Waals surface area (Å²) in [6, 6.07) is 22.0. The van der Waals surface area contributed by atoms with Crippen molar-refractivity contribution in [1.29, 1.82) is 0 Å². The van der Waals surface area contributed by atoms with E-state index in [1.165, 1.54) is 0 Å². The molecule has 0 aliphatic rings. The predicted molar refractivity (Wildman–Crippen MR) is 131 cm³/mol. The predicted octanol–water partition coefficient (Wildman–Crippen LogP) is 4.93. The molecule has 0 radical (unpaired) electrons. The van der Waals surface area contributed by atoms with Crippen LogP contribution in [0, 0.1) is 6.92 Å². The number of aryl methyl sites for hydroxylation is 1. The summed E-state index contributed by atoms with van der Waals surface area (Å²) in [6.07, 6.45) is 0.183. The number of hydrogen-bond donors (Lipinski definition) is 1. The van der Waals surface area contributed by atoms with Crippen LogP contribution in [0.5, 0.6) is 5.75 Å². The average molecular weight is 465 g/mol. The summed E-state index contributed by atoms with van der Waals surface area (Å²) in [5.41, 5.74) is 3.93. The monoisotopic (exact) mass is 464 g/mol. The second kappa shape index (κ2) is 11.5. The van der Waals surface area contributed by atoms with E-state index in [1.807, 2.05) is 67.6 Å². The van der Waals surface area contributed by atoms with Crippen molar-refractivity contribution in [2.75, 3.05) is 7.11 Å². The molecule has 0 heterocycles. The summed E-state index contributed by atoms with van der Waals surface area (Å²) in [4.78, 5) is 27.9. The van der Waals surface area contributed by atoms with Gasteiger partial charge in [-0.15, -0.1) is 0 Å². The topological polar surface area (TPSA) is 58.6 Å². The van der Waals surface area contributed by atoms with Gasteiger partial charge in [0.2, 0.25) is 11.8 Å². The number of hydrogen-bond acceptors (Lipinski definition) is 3. The Morgan fingerprint density at radius 2 is 1.48 bits per heavy atom. The lowest BCUT2D eigenvalue weighted by Gasteiger charge is -2.29. The van der Waals surface area contributed by atoms with E-state index in [0.717, 1.165) is 28.0 Å².